The van der Waals surface area contributed by atoms with Crippen molar-refractivity contribution in [1.82, 2.24) is 0 Å². The second kappa shape index (κ2) is 4.52. The van der Waals surface area contributed by atoms with E-state index in [-0.39, 0.29) is 7.11 Å². The van der Waals surface area contributed by atoms with Crippen molar-refractivity contribution in [2.75, 3.05) is 13.7 Å². The van der Waals surface area contributed by atoms with Gasteiger partial charge in [0.25, 0.3) is 0 Å². The molecule has 0 radical (unpaired) electrons. The van der Waals surface area contributed by atoms with Crippen LogP contribution in [0, 0.1) is 0 Å². The summed E-state index contributed by atoms with van der Waals surface area (Å²) >= 11 is 0. The molecule has 0 aromatic heterocycles. The third-order valence-electron chi connectivity index (χ3n) is 1.40. The lowest BCUT2D eigenvalue weighted by molar-refractivity contribution is -0.452. The summed E-state index contributed by atoms with van der Waals surface area (Å²) in [6.07, 6.45) is -17.1. The second-order valence-electron chi connectivity index (χ2n) is 2.72. The van der Waals surface area contributed by atoms with E-state index in [2.05, 4.69) is 9.47 Å². The van der Waals surface area contributed by atoms with Gasteiger partial charge in [-0.2, -0.15) is 39.5 Å². The lowest BCUT2D eigenvalue weighted by Crippen LogP contribution is -2.56. The maximum absolute atomic E-state index is 12.4. The van der Waals surface area contributed by atoms with Gasteiger partial charge in [-0.1, -0.05) is 0 Å². The molecule has 0 saturated heterocycles. The maximum atomic E-state index is 12.4. The first-order valence-corrected chi connectivity index (χ1v) is 3.66. The molecule has 0 unspecified atom stereocenters. The van der Waals surface area contributed by atoms with Crippen molar-refractivity contribution in [3.05, 3.63) is 0 Å². The van der Waals surface area contributed by atoms with Gasteiger partial charge < -0.3 is 9.47 Å². The summed E-state index contributed by atoms with van der Waals surface area (Å²) in [4.78, 5) is 0. The molecule has 0 spiro atoms. The molecule has 0 amide bonds. The summed E-state index contributed by atoms with van der Waals surface area (Å²) in [5.41, 5.74) is 0. The van der Waals surface area contributed by atoms with E-state index in [0.29, 0.717) is 0 Å². The molecule has 0 aromatic carbocycles. The van der Waals surface area contributed by atoms with Crippen LogP contribution in [0.25, 0.3) is 0 Å². The van der Waals surface area contributed by atoms with Crippen LogP contribution in [-0.2, 0) is 9.47 Å². The third kappa shape index (κ3) is 3.63. The summed E-state index contributed by atoms with van der Waals surface area (Å²) in [6, 6.07) is 0. The largest absolute Gasteiger partial charge is 0.428 e. The Labute approximate surface area is 88.3 Å². The van der Waals surface area contributed by atoms with Crippen molar-refractivity contribution in [1.29, 1.82) is 0 Å². The zero-order valence-corrected chi connectivity index (χ0v) is 7.93. The summed E-state index contributed by atoms with van der Waals surface area (Å²) in [5.74, 6) is -6.25. The van der Waals surface area contributed by atoms with E-state index in [1.54, 1.807) is 0 Å². The number of hydrogen-bond acceptors (Lipinski definition) is 2. The monoisotopic (exact) mass is 280 g/mol. The number of rotatable bonds is 5. The quantitative estimate of drug-likeness (QED) is 0.721. The second-order valence-corrected chi connectivity index (χ2v) is 2.72. The normalized spacial score (nSPS) is 15.2. The van der Waals surface area contributed by atoms with Crippen LogP contribution in [-0.4, -0.2) is 38.0 Å². The van der Waals surface area contributed by atoms with Crippen molar-refractivity contribution >= 4 is 0 Å². The van der Waals surface area contributed by atoms with Gasteiger partial charge in [-0.15, -0.1) is 0 Å². The van der Waals surface area contributed by atoms with Crippen molar-refractivity contribution in [3.8, 4) is 0 Å². The SMILES string of the molecule is COC(F)(F)C(F)(F)C(F)(F)OCC(F)(F)F. The van der Waals surface area contributed by atoms with Gasteiger partial charge in [0.2, 0.25) is 0 Å². The van der Waals surface area contributed by atoms with Crippen molar-refractivity contribution in [2.24, 2.45) is 0 Å². The molecule has 0 heterocycles. The van der Waals surface area contributed by atoms with E-state index in [1.807, 2.05) is 0 Å². The summed E-state index contributed by atoms with van der Waals surface area (Å²) in [5, 5.41) is 0. The lowest BCUT2D eigenvalue weighted by atomic mass is 10.3. The van der Waals surface area contributed by atoms with E-state index in [4.69, 9.17) is 0 Å². The Morgan fingerprint density at radius 2 is 1.18 bits per heavy atom. The average molecular weight is 280 g/mol. The summed E-state index contributed by atoms with van der Waals surface area (Å²) in [7, 11) is -0.0201. The van der Waals surface area contributed by atoms with E-state index < -0.39 is 30.9 Å². The molecule has 0 saturated carbocycles. The molecule has 104 valence electrons. The molecule has 0 bridgehead atoms. The molecular weight excluding hydrogens is 275 g/mol. The van der Waals surface area contributed by atoms with Crippen LogP contribution in [0.2, 0.25) is 0 Å². The smallest absolute Gasteiger partial charge is 0.319 e. The van der Waals surface area contributed by atoms with Crippen LogP contribution < -0.4 is 0 Å². The summed E-state index contributed by atoms with van der Waals surface area (Å²) in [6.45, 7) is -2.81. The molecule has 0 aliphatic heterocycles. The highest BCUT2D eigenvalue weighted by Gasteiger charge is 2.74. The fraction of sp³-hybridized carbons (Fsp3) is 1.00. The number of alkyl halides is 9. The van der Waals surface area contributed by atoms with Gasteiger partial charge in [0.1, 0.15) is 6.61 Å². The van der Waals surface area contributed by atoms with Crippen molar-refractivity contribution in [2.45, 2.75) is 24.3 Å². The van der Waals surface area contributed by atoms with Gasteiger partial charge in [0.05, 0.1) is 0 Å². The molecule has 0 fully saturated rings. The van der Waals surface area contributed by atoms with E-state index >= 15 is 0 Å². The minimum absolute atomic E-state index is 0.0201. The van der Waals surface area contributed by atoms with Gasteiger partial charge >= 0.3 is 24.3 Å². The highest BCUT2D eigenvalue weighted by molar-refractivity contribution is 4.85. The molecule has 0 atom stereocenters. The van der Waals surface area contributed by atoms with Crippen LogP contribution in [0.3, 0.4) is 0 Å². The summed E-state index contributed by atoms with van der Waals surface area (Å²) < 4.78 is 114. The average Bonchev–Trinajstić information content (AvgIpc) is 2.13. The molecule has 0 aromatic rings. The Bertz CT molecular complexity index is 259. The van der Waals surface area contributed by atoms with Crippen LogP contribution in [0.5, 0.6) is 0 Å². The van der Waals surface area contributed by atoms with Crippen LogP contribution in [0.15, 0.2) is 0 Å². The van der Waals surface area contributed by atoms with Crippen molar-refractivity contribution < 1.29 is 49.0 Å². The minimum atomic E-state index is -6.25. The first-order valence-electron chi connectivity index (χ1n) is 3.66. The number of methoxy groups -OCH3 is 1. The molecule has 0 aliphatic rings. The number of hydrogen-bond donors (Lipinski definition) is 0. The Morgan fingerprint density at radius 1 is 0.765 bits per heavy atom. The highest BCUT2D eigenvalue weighted by atomic mass is 19.4. The number of halogens is 9. The van der Waals surface area contributed by atoms with Gasteiger partial charge in [-0.05, 0) is 0 Å². The Morgan fingerprint density at radius 3 is 1.47 bits per heavy atom. The Kier molecular flexibility index (Phi) is 4.33. The zero-order chi connectivity index (χ0) is 14.1. The molecule has 11 heteroatoms. The molecular formula is C6H5F9O2. The van der Waals surface area contributed by atoms with Crippen molar-refractivity contribution in [3.63, 3.8) is 0 Å². The van der Waals surface area contributed by atoms with E-state index in [0.717, 1.165) is 0 Å². The Hall–Kier alpha value is -0.710. The number of ether oxygens (including phenoxy) is 2. The Balaban J connectivity index is 4.92. The van der Waals surface area contributed by atoms with Gasteiger partial charge in [-0.25, -0.2) is 0 Å². The minimum Gasteiger partial charge on any atom is -0.319 e. The van der Waals surface area contributed by atoms with Crippen LogP contribution in [0.1, 0.15) is 0 Å². The van der Waals surface area contributed by atoms with E-state index in [9.17, 15) is 39.5 Å². The topological polar surface area (TPSA) is 18.5 Å². The first kappa shape index (κ1) is 16.3. The fourth-order valence-electron chi connectivity index (χ4n) is 0.561. The molecule has 0 rings (SSSR count). The standard InChI is InChI=1S/C6H5F9O2/c1-16-5(12,13)4(10,11)6(14,15)17-2-3(7,8)9/h2H2,1H3. The maximum Gasteiger partial charge on any atom is 0.428 e. The molecule has 0 N–H and O–H groups in total. The van der Waals surface area contributed by atoms with Crippen LogP contribution >= 0.6 is 0 Å². The first-order chi connectivity index (χ1) is 7.27. The third-order valence-corrected chi connectivity index (χ3v) is 1.40. The zero-order valence-electron chi connectivity index (χ0n) is 7.93. The van der Waals surface area contributed by atoms with E-state index in [1.165, 1.54) is 0 Å². The van der Waals surface area contributed by atoms with Gasteiger partial charge in [0.15, 0.2) is 0 Å². The van der Waals surface area contributed by atoms with Gasteiger partial charge in [-0.3, -0.25) is 0 Å². The fourth-order valence-corrected chi connectivity index (χ4v) is 0.561. The molecule has 17 heavy (non-hydrogen) atoms. The predicted molar refractivity (Wildman–Crippen MR) is 33.9 cm³/mol. The predicted octanol–water partition coefficient (Wildman–Crippen LogP) is 3.03. The molecule has 0 aliphatic carbocycles. The highest BCUT2D eigenvalue weighted by Crippen LogP contribution is 2.46. The van der Waals surface area contributed by atoms with Gasteiger partial charge in [0, 0.05) is 7.11 Å². The van der Waals surface area contributed by atoms with Crippen LogP contribution in [0.4, 0.5) is 39.5 Å². The lowest BCUT2D eigenvalue weighted by Gasteiger charge is -2.30. The molecule has 2 nitrogen and oxygen atoms in total.